The molecule has 1 radical (unpaired) electrons. The van der Waals surface area contributed by atoms with Crippen LogP contribution in [0.4, 0.5) is 0 Å². The molecule has 0 aliphatic heterocycles. The fraction of sp³-hybridized carbons (Fsp3) is 0.143. The highest BCUT2D eigenvalue weighted by Gasteiger charge is 2.14. The Balaban J connectivity index is 3.32. The summed E-state index contributed by atoms with van der Waals surface area (Å²) in [5.41, 5.74) is 5.35. The van der Waals surface area contributed by atoms with Crippen molar-refractivity contribution in [1.29, 1.82) is 0 Å². The monoisotopic (exact) mass is 151 g/mol. The summed E-state index contributed by atoms with van der Waals surface area (Å²) in [7, 11) is 0. The van der Waals surface area contributed by atoms with E-state index in [2.05, 4.69) is 6.07 Å². The van der Waals surface area contributed by atoms with Gasteiger partial charge in [0.25, 0.3) is 5.69 Å². The number of amides is 1. The summed E-state index contributed by atoms with van der Waals surface area (Å²) in [6, 6.07) is 4.14. The van der Waals surface area contributed by atoms with Gasteiger partial charge < -0.3 is 10.9 Å². The predicted molar refractivity (Wildman–Crippen MR) is 37.5 cm³/mol. The second-order valence-corrected chi connectivity index (χ2v) is 2.12. The lowest BCUT2D eigenvalue weighted by atomic mass is 10.2. The van der Waals surface area contributed by atoms with E-state index in [1.165, 1.54) is 12.3 Å². The number of carbonyl (C=O) groups excluding carboxylic acids is 1. The van der Waals surface area contributed by atoms with Gasteiger partial charge in [-0.2, -0.15) is 4.73 Å². The summed E-state index contributed by atoms with van der Waals surface area (Å²) in [6.07, 6.45) is 1.19. The molecular weight excluding hydrogens is 144 g/mol. The average molecular weight is 151 g/mol. The minimum absolute atomic E-state index is 0.0486. The van der Waals surface area contributed by atoms with Crippen LogP contribution in [0.25, 0.3) is 0 Å². The minimum atomic E-state index is -0.727. The van der Waals surface area contributed by atoms with E-state index in [0.717, 1.165) is 0 Å². The van der Waals surface area contributed by atoms with Crippen molar-refractivity contribution >= 4 is 5.91 Å². The van der Waals surface area contributed by atoms with E-state index in [1.54, 1.807) is 6.92 Å². The Morgan fingerprint density at radius 2 is 2.45 bits per heavy atom. The number of rotatable bonds is 1. The highest BCUT2D eigenvalue weighted by atomic mass is 16.5. The molecule has 0 bridgehead atoms. The molecule has 0 atom stereocenters. The molecule has 2 N–H and O–H groups in total. The van der Waals surface area contributed by atoms with E-state index in [1.807, 2.05) is 0 Å². The van der Waals surface area contributed by atoms with Crippen LogP contribution in [0.3, 0.4) is 0 Å². The van der Waals surface area contributed by atoms with Gasteiger partial charge in [-0.15, -0.1) is 0 Å². The van der Waals surface area contributed by atoms with Crippen molar-refractivity contribution in [2.24, 2.45) is 5.73 Å². The number of nitrogens with zero attached hydrogens (tertiary/aromatic N) is 1. The molecule has 0 spiro atoms. The molecule has 0 saturated heterocycles. The standard InChI is InChI=1S/C7H7N2O2/c1-5-3-2-4-9(11)6(5)7(8)10/h2,4H,1H3,(H2,8,10). The quantitative estimate of drug-likeness (QED) is 0.435. The maximum absolute atomic E-state index is 10.9. The van der Waals surface area contributed by atoms with Gasteiger partial charge in [0.15, 0.2) is 6.20 Å². The summed E-state index contributed by atoms with van der Waals surface area (Å²) in [6.45, 7) is 1.61. The summed E-state index contributed by atoms with van der Waals surface area (Å²) in [5.74, 6) is -0.727. The van der Waals surface area contributed by atoms with Crippen LogP contribution in [-0.2, 0) is 0 Å². The zero-order chi connectivity index (χ0) is 8.43. The Kier molecular flexibility index (Phi) is 1.76. The number of aromatic nitrogens is 1. The largest absolute Gasteiger partial charge is 0.618 e. The Labute approximate surface area is 63.8 Å². The molecule has 0 saturated carbocycles. The van der Waals surface area contributed by atoms with Gasteiger partial charge in [0.1, 0.15) is 0 Å². The first kappa shape index (κ1) is 7.53. The molecule has 1 amide bonds. The first-order valence-corrected chi connectivity index (χ1v) is 3.03. The summed E-state index contributed by atoms with van der Waals surface area (Å²) in [5, 5.41) is 10.9. The van der Waals surface area contributed by atoms with E-state index in [9.17, 15) is 10.0 Å². The van der Waals surface area contributed by atoms with Crippen LogP contribution in [0.2, 0.25) is 0 Å². The maximum Gasteiger partial charge on any atom is 0.315 e. The third-order valence-electron chi connectivity index (χ3n) is 1.32. The highest BCUT2D eigenvalue weighted by Crippen LogP contribution is 1.97. The summed E-state index contributed by atoms with van der Waals surface area (Å²) < 4.78 is 0.439. The van der Waals surface area contributed by atoms with Crippen molar-refractivity contribution in [2.45, 2.75) is 6.92 Å². The van der Waals surface area contributed by atoms with Gasteiger partial charge in [-0.25, -0.2) is 0 Å². The number of hydrogen-bond donors (Lipinski definition) is 1. The zero-order valence-corrected chi connectivity index (χ0v) is 6.00. The number of aryl methyl sites for hydroxylation is 1. The Bertz CT molecular complexity index is 276. The van der Waals surface area contributed by atoms with Gasteiger partial charge in [0.2, 0.25) is 0 Å². The van der Waals surface area contributed by atoms with Crippen molar-refractivity contribution in [3.05, 3.63) is 34.8 Å². The zero-order valence-electron chi connectivity index (χ0n) is 6.00. The van der Waals surface area contributed by atoms with Gasteiger partial charge in [0.05, 0.1) is 0 Å². The normalized spacial score (nSPS) is 9.55. The van der Waals surface area contributed by atoms with Gasteiger partial charge in [0, 0.05) is 11.6 Å². The smallest absolute Gasteiger partial charge is 0.315 e. The molecule has 11 heavy (non-hydrogen) atoms. The number of pyridine rings is 1. The molecule has 0 aliphatic carbocycles. The lowest BCUT2D eigenvalue weighted by Crippen LogP contribution is -2.37. The van der Waals surface area contributed by atoms with Crippen LogP contribution in [0, 0.1) is 18.2 Å². The summed E-state index contributed by atoms with van der Waals surface area (Å²) in [4.78, 5) is 10.6. The van der Waals surface area contributed by atoms with Crippen LogP contribution < -0.4 is 10.5 Å². The van der Waals surface area contributed by atoms with E-state index in [0.29, 0.717) is 10.3 Å². The summed E-state index contributed by atoms with van der Waals surface area (Å²) >= 11 is 0. The van der Waals surface area contributed by atoms with Crippen LogP contribution in [0.1, 0.15) is 16.1 Å². The Morgan fingerprint density at radius 1 is 1.82 bits per heavy atom. The van der Waals surface area contributed by atoms with Crippen molar-refractivity contribution in [3.63, 3.8) is 0 Å². The fourth-order valence-corrected chi connectivity index (χ4v) is 0.832. The van der Waals surface area contributed by atoms with E-state index in [-0.39, 0.29) is 5.69 Å². The van der Waals surface area contributed by atoms with Gasteiger partial charge in [-0.3, -0.25) is 4.79 Å². The third kappa shape index (κ3) is 1.29. The first-order valence-electron chi connectivity index (χ1n) is 3.03. The first-order chi connectivity index (χ1) is 5.13. The van der Waals surface area contributed by atoms with Crippen LogP contribution in [0.5, 0.6) is 0 Å². The lowest BCUT2D eigenvalue weighted by molar-refractivity contribution is -0.608. The maximum atomic E-state index is 10.9. The number of hydrogen-bond acceptors (Lipinski definition) is 2. The number of carbonyl (C=O) groups is 1. The van der Waals surface area contributed by atoms with Gasteiger partial charge in [-0.1, -0.05) is 0 Å². The van der Waals surface area contributed by atoms with Crippen molar-refractivity contribution in [1.82, 2.24) is 0 Å². The molecule has 1 aromatic rings. The molecule has 0 aliphatic rings. The van der Waals surface area contributed by atoms with Crippen LogP contribution in [0.15, 0.2) is 12.3 Å². The number of primary amides is 1. The molecule has 57 valence electrons. The molecule has 1 rings (SSSR count). The molecular formula is C7H7N2O2. The van der Waals surface area contributed by atoms with Crippen molar-refractivity contribution < 1.29 is 9.52 Å². The Hall–Kier alpha value is -1.58. The van der Waals surface area contributed by atoms with Crippen molar-refractivity contribution in [3.8, 4) is 0 Å². The molecule has 1 heterocycles. The van der Waals surface area contributed by atoms with Gasteiger partial charge >= 0.3 is 5.91 Å². The molecule has 0 aromatic carbocycles. The van der Waals surface area contributed by atoms with Crippen LogP contribution >= 0.6 is 0 Å². The molecule has 0 unspecified atom stereocenters. The molecule has 1 aromatic heterocycles. The highest BCUT2D eigenvalue weighted by molar-refractivity contribution is 5.90. The predicted octanol–water partition coefficient (Wildman–Crippen LogP) is -0.472. The molecule has 0 fully saturated rings. The van der Waals surface area contributed by atoms with E-state index >= 15 is 0 Å². The second kappa shape index (κ2) is 2.57. The fourth-order valence-electron chi connectivity index (χ4n) is 0.832. The minimum Gasteiger partial charge on any atom is -0.618 e. The number of nitrogens with two attached hydrogens (primary N) is 1. The van der Waals surface area contributed by atoms with E-state index in [4.69, 9.17) is 5.73 Å². The average Bonchev–Trinajstić information content (AvgIpc) is 1.85. The Morgan fingerprint density at radius 3 is 2.82 bits per heavy atom. The third-order valence-corrected chi connectivity index (χ3v) is 1.32. The van der Waals surface area contributed by atoms with E-state index < -0.39 is 5.91 Å². The second-order valence-electron chi connectivity index (χ2n) is 2.12. The SMILES string of the molecule is Cc1[c]cc[n+]([O-])c1C(N)=O. The van der Waals surface area contributed by atoms with Crippen LogP contribution in [-0.4, -0.2) is 5.91 Å². The molecule has 4 heteroatoms. The van der Waals surface area contributed by atoms with Gasteiger partial charge in [-0.05, 0) is 13.0 Å². The topological polar surface area (TPSA) is 70.0 Å². The lowest BCUT2D eigenvalue weighted by Gasteiger charge is -2.01. The van der Waals surface area contributed by atoms with Crippen molar-refractivity contribution in [2.75, 3.05) is 0 Å². The molecule has 4 nitrogen and oxygen atoms in total.